The zero-order valence-corrected chi connectivity index (χ0v) is 14.5. The van der Waals surface area contributed by atoms with Crippen molar-refractivity contribution in [2.24, 2.45) is 0 Å². The summed E-state index contributed by atoms with van der Waals surface area (Å²) in [6.45, 7) is 2.75. The van der Waals surface area contributed by atoms with Gasteiger partial charge in [0.15, 0.2) is 10.8 Å². The fraction of sp³-hybridized carbons (Fsp3) is 0.235. The normalized spacial score (nSPS) is 13.4. The van der Waals surface area contributed by atoms with Crippen molar-refractivity contribution in [3.63, 3.8) is 0 Å². The van der Waals surface area contributed by atoms with Gasteiger partial charge in [0.25, 0.3) is 5.91 Å². The summed E-state index contributed by atoms with van der Waals surface area (Å²) in [6, 6.07) is 5.47. The molecule has 7 nitrogen and oxygen atoms in total. The smallest absolute Gasteiger partial charge is 0.285 e. The van der Waals surface area contributed by atoms with Crippen LogP contribution in [0, 0.1) is 6.92 Å². The van der Waals surface area contributed by atoms with Crippen LogP contribution in [0.1, 0.15) is 26.7 Å². The van der Waals surface area contributed by atoms with Crippen molar-refractivity contribution in [3.05, 3.63) is 52.2 Å². The molecule has 3 aromatic heterocycles. The van der Waals surface area contributed by atoms with Crippen LogP contribution >= 0.6 is 11.3 Å². The number of thiazole rings is 1. The minimum absolute atomic E-state index is 0.246. The second-order valence-electron chi connectivity index (χ2n) is 5.74. The zero-order valence-electron chi connectivity index (χ0n) is 13.6. The number of hydrogen-bond acceptors (Lipinski definition) is 7. The standard InChI is InChI=1S/C17H16N6OS/c1-11-5-6-13(20-10-11)21-15(24)16-22-14-12(25-16)4-2-9-23(14)17-18-7-3-8-19-17/h3,5-8,10H,2,4,9H2,1H3,(H,20,21,24). The molecule has 1 N–H and O–H groups in total. The van der Waals surface area contributed by atoms with Gasteiger partial charge in [0.1, 0.15) is 5.82 Å². The van der Waals surface area contributed by atoms with Crippen molar-refractivity contribution in [2.75, 3.05) is 16.8 Å². The SMILES string of the molecule is Cc1ccc(NC(=O)c2nc3c(s2)CCCN3c2ncccn2)nc1. The fourth-order valence-electron chi connectivity index (χ4n) is 2.66. The quantitative estimate of drug-likeness (QED) is 0.780. The maximum atomic E-state index is 12.5. The van der Waals surface area contributed by atoms with Gasteiger partial charge in [-0.15, -0.1) is 11.3 Å². The molecule has 126 valence electrons. The molecule has 0 unspecified atom stereocenters. The van der Waals surface area contributed by atoms with Crippen molar-refractivity contribution in [1.29, 1.82) is 0 Å². The van der Waals surface area contributed by atoms with Gasteiger partial charge in [-0.05, 0) is 37.5 Å². The minimum atomic E-state index is -0.246. The number of aromatic nitrogens is 4. The molecule has 0 saturated heterocycles. The van der Waals surface area contributed by atoms with Gasteiger partial charge >= 0.3 is 0 Å². The average molecular weight is 352 g/mol. The molecule has 8 heteroatoms. The van der Waals surface area contributed by atoms with Crippen molar-refractivity contribution in [1.82, 2.24) is 19.9 Å². The lowest BCUT2D eigenvalue weighted by atomic mass is 10.2. The first-order valence-electron chi connectivity index (χ1n) is 7.99. The predicted molar refractivity (Wildman–Crippen MR) is 96.4 cm³/mol. The Bertz CT molecular complexity index is 893. The highest BCUT2D eigenvalue weighted by molar-refractivity contribution is 7.14. The van der Waals surface area contributed by atoms with E-state index in [-0.39, 0.29) is 5.91 Å². The molecule has 1 aliphatic heterocycles. The lowest BCUT2D eigenvalue weighted by Gasteiger charge is -2.25. The van der Waals surface area contributed by atoms with Crippen molar-refractivity contribution in [3.8, 4) is 0 Å². The largest absolute Gasteiger partial charge is 0.304 e. The second kappa shape index (κ2) is 6.56. The molecule has 0 atom stereocenters. The van der Waals surface area contributed by atoms with Crippen LogP contribution in [0.3, 0.4) is 0 Å². The van der Waals surface area contributed by atoms with E-state index in [1.54, 1.807) is 30.7 Å². The van der Waals surface area contributed by atoms with Crippen LogP contribution in [0.2, 0.25) is 0 Å². The number of aryl methyl sites for hydroxylation is 2. The van der Waals surface area contributed by atoms with Gasteiger partial charge in [0.2, 0.25) is 5.95 Å². The average Bonchev–Trinajstić information content (AvgIpc) is 3.09. The number of rotatable bonds is 3. The van der Waals surface area contributed by atoms with Crippen LogP contribution in [-0.4, -0.2) is 32.4 Å². The molecule has 0 bridgehead atoms. The summed E-state index contributed by atoms with van der Waals surface area (Å²) in [6.07, 6.45) is 7.02. The summed E-state index contributed by atoms with van der Waals surface area (Å²) in [5.74, 6) is 1.67. The van der Waals surface area contributed by atoms with E-state index >= 15 is 0 Å². The van der Waals surface area contributed by atoms with Crippen molar-refractivity contribution >= 4 is 34.8 Å². The molecule has 25 heavy (non-hydrogen) atoms. The molecule has 0 saturated carbocycles. The summed E-state index contributed by atoms with van der Waals surface area (Å²) in [7, 11) is 0. The molecule has 0 aliphatic carbocycles. The monoisotopic (exact) mass is 352 g/mol. The van der Waals surface area contributed by atoms with Gasteiger partial charge in [-0.2, -0.15) is 0 Å². The molecule has 4 rings (SSSR count). The highest BCUT2D eigenvalue weighted by Crippen LogP contribution is 2.35. The fourth-order valence-corrected chi connectivity index (χ4v) is 3.66. The number of nitrogens with one attached hydrogen (secondary N) is 1. The molecule has 0 aromatic carbocycles. The highest BCUT2D eigenvalue weighted by Gasteiger charge is 2.26. The van der Waals surface area contributed by atoms with Crippen LogP contribution in [0.4, 0.5) is 17.6 Å². The lowest BCUT2D eigenvalue weighted by Crippen LogP contribution is -2.26. The van der Waals surface area contributed by atoms with Gasteiger partial charge in [-0.25, -0.2) is 19.9 Å². The second-order valence-corrected chi connectivity index (χ2v) is 6.83. The predicted octanol–water partition coefficient (Wildman–Crippen LogP) is 2.97. The maximum Gasteiger partial charge on any atom is 0.285 e. The van der Waals surface area contributed by atoms with Gasteiger partial charge < -0.3 is 5.32 Å². The third kappa shape index (κ3) is 3.20. The van der Waals surface area contributed by atoms with Crippen molar-refractivity contribution < 1.29 is 4.79 Å². The summed E-state index contributed by atoms with van der Waals surface area (Å²) in [5.41, 5.74) is 1.04. The summed E-state index contributed by atoms with van der Waals surface area (Å²) < 4.78 is 0. The van der Waals surface area contributed by atoms with E-state index in [0.717, 1.165) is 35.6 Å². The lowest BCUT2D eigenvalue weighted by molar-refractivity contribution is 0.102. The first kappa shape index (κ1) is 15.6. The third-order valence-corrected chi connectivity index (χ3v) is 4.96. The number of carbonyl (C=O) groups excluding carboxylic acids is 1. The van der Waals surface area contributed by atoms with E-state index in [4.69, 9.17) is 0 Å². The van der Waals surface area contributed by atoms with Crippen molar-refractivity contribution in [2.45, 2.75) is 19.8 Å². The maximum absolute atomic E-state index is 12.5. The molecule has 0 fully saturated rings. The summed E-state index contributed by atoms with van der Waals surface area (Å²) in [5, 5.41) is 3.22. The number of carbonyl (C=O) groups is 1. The molecule has 0 spiro atoms. The van der Waals surface area contributed by atoms with E-state index in [1.807, 2.05) is 17.9 Å². The molecule has 1 aliphatic rings. The third-order valence-electron chi connectivity index (χ3n) is 3.86. The number of hydrogen-bond donors (Lipinski definition) is 1. The van der Waals surface area contributed by atoms with E-state index in [1.165, 1.54) is 11.3 Å². The van der Waals surface area contributed by atoms with Gasteiger partial charge in [-0.1, -0.05) is 6.07 Å². The van der Waals surface area contributed by atoms with Crippen LogP contribution in [0.25, 0.3) is 0 Å². The van der Waals surface area contributed by atoms with Gasteiger partial charge in [-0.3, -0.25) is 9.69 Å². The minimum Gasteiger partial charge on any atom is -0.304 e. The van der Waals surface area contributed by atoms with Crippen LogP contribution in [-0.2, 0) is 6.42 Å². The number of fused-ring (bicyclic) bond motifs is 1. The Morgan fingerprint density at radius 3 is 2.84 bits per heavy atom. The van der Waals surface area contributed by atoms with Crippen LogP contribution < -0.4 is 10.2 Å². The summed E-state index contributed by atoms with van der Waals surface area (Å²) >= 11 is 1.42. The molecule has 0 radical (unpaired) electrons. The van der Waals surface area contributed by atoms with Gasteiger partial charge in [0, 0.05) is 30.0 Å². The van der Waals surface area contributed by atoms with Crippen LogP contribution in [0.5, 0.6) is 0 Å². The van der Waals surface area contributed by atoms with Crippen LogP contribution in [0.15, 0.2) is 36.8 Å². The zero-order chi connectivity index (χ0) is 17.2. The number of pyridine rings is 1. The highest BCUT2D eigenvalue weighted by atomic mass is 32.1. The first-order valence-corrected chi connectivity index (χ1v) is 8.80. The topological polar surface area (TPSA) is 83.9 Å². The first-order chi connectivity index (χ1) is 12.2. The van der Waals surface area contributed by atoms with E-state index in [9.17, 15) is 4.79 Å². The molecular weight excluding hydrogens is 336 g/mol. The Labute approximate surface area is 148 Å². The Morgan fingerprint density at radius 1 is 1.24 bits per heavy atom. The van der Waals surface area contributed by atoms with E-state index < -0.39 is 0 Å². The molecule has 3 aromatic rings. The Kier molecular flexibility index (Phi) is 4.10. The molecule has 1 amide bonds. The Balaban J connectivity index is 1.59. The molecular formula is C17H16N6OS. The van der Waals surface area contributed by atoms with E-state index in [2.05, 4.69) is 25.3 Å². The molecule has 4 heterocycles. The van der Waals surface area contributed by atoms with E-state index in [0.29, 0.717) is 16.8 Å². The number of nitrogens with zero attached hydrogens (tertiary/aromatic N) is 5. The Hall–Kier alpha value is -2.87. The number of anilines is 3. The Morgan fingerprint density at radius 2 is 2.08 bits per heavy atom. The number of amides is 1. The summed E-state index contributed by atoms with van der Waals surface area (Å²) in [4.78, 5) is 32.9. The van der Waals surface area contributed by atoms with Gasteiger partial charge in [0.05, 0.1) is 0 Å².